The lowest BCUT2D eigenvalue weighted by Gasteiger charge is -2.10. The maximum atomic E-state index is 11.2. The summed E-state index contributed by atoms with van der Waals surface area (Å²) in [5.41, 5.74) is 6.58. The molecule has 1 rings (SSSR count). The van der Waals surface area contributed by atoms with Crippen molar-refractivity contribution in [3.8, 4) is 0 Å². The minimum absolute atomic E-state index is 0.424. The molecule has 4 N–H and O–H groups in total. The molecule has 0 bridgehead atoms. The molecule has 0 heterocycles. The van der Waals surface area contributed by atoms with Gasteiger partial charge in [0.1, 0.15) is 0 Å². The van der Waals surface area contributed by atoms with Crippen molar-refractivity contribution in [1.82, 2.24) is 5.32 Å². The van der Waals surface area contributed by atoms with Gasteiger partial charge in [0.05, 0.1) is 5.56 Å². The van der Waals surface area contributed by atoms with Gasteiger partial charge in [0.25, 0.3) is 5.91 Å². The minimum atomic E-state index is -0.424. The molecule has 0 unspecified atom stereocenters. The smallest absolute Gasteiger partial charge is 0.250 e. The molecule has 5 heteroatoms. The van der Waals surface area contributed by atoms with Crippen molar-refractivity contribution in [1.29, 1.82) is 0 Å². The highest BCUT2D eigenvalue weighted by Crippen LogP contribution is 2.20. The number of likely N-dealkylation sites (N-methyl/N-ethyl adjacent to an activating group) is 1. The molecule has 0 spiro atoms. The molecular weight excluding hydrogens is 270 g/mol. The van der Waals surface area contributed by atoms with Crippen LogP contribution in [0, 0.1) is 0 Å². The number of nitrogens with two attached hydrogens (primary N) is 1. The molecule has 0 saturated carbocycles. The van der Waals surface area contributed by atoms with Crippen LogP contribution in [0.5, 0.6) is 0 Å². The van der Waals surface area contributed by atoms with E-state index < -0.39 is 5.91 Å². The van der Waals surface area contributed by atoms with E-state index in [1.165, 1.54) is 0 Å². The second kappa shape index (κ2) is 6.50. The fraction of sp³-hybridized carbons (Fsp3) is 0.364. The Hall–Kier alpha value is -1.07. The fourth-order valence-corrected chi connectivity index (χ4v) is 1.70. The molecule has 0 aromatic heterocycles. The number of benzene rings is 1. The molecule has 1 aromatic rings. The third kappa shape index (κ3) is 3.83. The summed E-state index contributed by atoms with van der Waals surface area (Å²) in [5, 5.41) is 6.36. The van der Waals surface area contributed by atoms with E-state index in [1.54, 1.807) is 6.07 Å². The standard InChI is InChI=1S/C11H16BrN3O/c1-2-14-5-6-15-10-4-3-8(12)7-9(10)11(13)16/h3-4,7,14-15H,2,5-6H2,1H3,(H2,13,16). The Balaban J connectivity index is 2.67. The SMILES string of the molecule is CCNCCNc1ccc(Br)cc1C(N)=O. The summed E-state index contributed by atoms with van der Waals surface area (Å²) in [6.07, 6.45) is 0. The lowest BCUT2D eigenvalue weighted by Crippen LogP contribution is -2.23. The van der Waals surface area contributed by atoms with Crippen molar-refractivity contribution < 1.29 is 4.79 Å². The van der Waals surface area contributed by atoms with Crippen LogP contribution in [0.25, 0.3) is 0 Å². The Labute approximate surface area is 104 Å². The molecule has 0 saturated heterocycles. The zero-order valence-electron chi connectivity index (χ0n) is 9.22. The molecule has 88 valence electrons. The van der Waals surface area contributed by atoms with Crippen molar-refractivity contribution >= 4 is 27.5 Å². The van der Waals surface area contributed by atoms with E-state index in [0.29, 0.717) is 5.56 Å². The molecule has 0 aliphatic carbocycles. The monoisotopic (exact) mass is 285 g/mol. The number of nitrogens with one attached hydrogen (secondary N) is 2. The van der Waals surface area contributed by atoms with Gasteiger partial charge in [-0.15, -0.1) is 0 Å². The quantitative estimate of drug-likeness (QED) is 0.695. The number of hydrogen-bond acceptors (Lipinski definition) is 3. The van der Waals surface area contributed by atoms with Crippen LogP contribution >= 0.6 is 15.9 Å². The lowest BCUT2D eigenvalue weighted by molar-refractivity contribution is 0.100. The predicted octanol–water partition coefficient (Wildman–Crippen LogP) is 1.57. The first kappa shape index (κ1) is 13.0. The maximum absolute atomic E-state index is 11.2. The number of halogens is 1. The van der Waals surface area contributed by atoms with Crippen LogP contribution in [-0.4, -0.2) is 25.5 Å². The second-order valence-corrected chi connectivity index (χ2v) is 4.25. The third-order valence-corrected chi connectivity index (χ3v) is 2.61. The third-order valence-electron chi connectivity index (χ3n) is 2.11. The highest BCUT2D eigenvalue weighted by Gasteiger charge is 2.07. The number of hydrogen-bond donors (Lipinski definition) is 3. The summed E-state index contributed by atoms with van der Waals surface area (Å²) in [6.45, 7) is 4.60. The zero-order chi connectivity index (χ0) is 12.0. The highest BCUT2D eigenvalue weighted by atomic mass is 79.9. The van der Waals surface area contributed by atoms with Crippen LogP contribution in [0.3, 0.4) is 0 Å². The van der Waals surface area contributed by atoms with Crippen molar-refractivity contribution in [2.24, 2.45) is 5.73 Å². The molecule has 16 heavy (non-hydrogen) atoms. The Kier molecular flexibility index (Phi) is 5.28. The van der Waals surface area contributed by atoms with Gasteiger partial charge in [-0.05, 0) is 24.7 Å². The predicted molar refractivity (Wildman–Crippen MR) is 69.7 cm³/mol. The molecule has 0 radical (unpaired) electrons. The number of carbonyl (C=O) groups is 1. The number of carbonyl (C=O) groups excluding carboxylic acids is 1. The Bertz CT molecular complexity index is 368. The number of anilines is 1. The first-order valence-electron chi connectivity index (χ1n) is 5.19. The summed E-state index contributed by atoms with van der Waals surface area (Å²) < 4.78 is 0.846. The minimum Gasteiger partial charge on any atom is -0.383 e. The summed E-state index contributed by atoms with van der Waals surface area (Å²) in [7, 11) is 0. The first-order chi connectivity index (χ1) is 7.65. The first-order valence-corrected chi connectivity index (χ1v) is 5.98. The molecular formula is C11H16BrN3O. The molecule has 0 fully saturated rings. The Morgan fingerprint density at radius 1 is 1.44 bits per heavy atom. The zero-order valence-corrected chi connectivity index (χ0v) is 10.8. The Morgan fingerprint density at radius 3 is 2.81 bits per heavy atom. The van der Waals surface area contributed by atoms with Crippen LogP contribution in [-0.2, 0) is 0 Å². The topological polar surface area (TPSA) is 67.2 Å². The van der Waals surface area contributed by atoms with E-state index in [9.17, 15) is 4.79 Å². The number of primary amides is 1. The summed E-state index contributed by atoms with van der Waals surface area (Å²) in [6, 6.07) is 5.44. The average molecular weight is 286 g/mol. The van der Waals surface area contributed by atoms with Crippen molar-refractivity contribution in [3.05, 3.63) is 28.2 Å². The van der Waals surface area contributed by atoms with Crippen LogP contribution in [0.4, 0.5) is 5.69 Å². The molecule has 0 atom stereocenters. The normalized spacial score (nSPS) is 10.1. The Morgan fingerprint density at radius 2 is 2.19 bits per heavy atom. The van der Waals surface area contributed by atoms with E-state index in [-0.39, 0.29) is 0 Å². The van der Waals surface area contributed by atoms with E-state index in [4.69, 9.17) is 5.73 Å². The van der Waals surface area contributed by atoms with Gasteiger partial charge in [0, 0.05) is 23.2 Å². The fourth-order valence-electron chi connectivity index (χ4n) is 1.34. The van der Waals surface area contributed by atoms with Gasteiger partial charge < -0.3 is 16.4 Å². The van der Waals surface area contributed by atoms with Crippen LogP contribution in [0.2, 0.25) is 0 Å². The molecule has 0 aliphatic heterocycles. The van der Waals surface area contributed by atoms with Gasteiger partial charge in [-0.1, -0.05) is 22.9 Å². The van der Waals surface area contributed by atoms with E-state index >= 15 is 0 Å². The van der Waals surface area contributed by atoms with E-state index in [1.807, 2.05) is 12.1 Å². The van der Waals surface area contributed by atoms with Crippen LogP contribution < -0.4 is 16.4 Å². The van der Waals surface area contributed by atoms with Crippen LogP contribution in [0.1, 0.15) is 17.3 Å². The van der Waals surface area contributed by atoms with Gasteiger partial charge >= 0.3 is 0 Å². The number of rotatable bonds is 6. The largest absolute Gasteiger partial charge is 0.383 e. The van der Waals surface area contributed by atoms with Crippen LogP contribution in [0.15, 0.2) is 22.7 Å². The summed E-state index contributed by atoms with van der Waals surface area (Å²) in [4.78, 5) is 11.2. The molecule has 1 aromatic carbocycles. The van der Waals surface area contributed by atoms with Gasteiger partial charge in [-0.2, -0.15) is 0 Å². The van der Waals surface area contributed by atoms with Crippen molar-refractivity contribution in [2.45, 2.75) is 6.92 Å². The van der Waals surface area contributed by atoms with Crippen molar-refractivity contribution in [2.75, 3.05) is 25.0 Å². The van der Waals surface area contributed by atoms with Gasteiger partial charge in [0.2, 0.25) is 0 Å². The average Bonchev–Trinajstić information content (AvgIpc) is 2.26. The number of amides is 1. The highest BCUT2D eigenvalue weighted by molar-refractivity contribution is 9.10. The molecule has 0 aliphatic rings. The summed E-state index contributed by atoms with van der Waals surface area (Å²) in [5.74, 6) is -0.424. The molecule has 1 amide bonds. The maximum Gasteiger partial charge on any atom is 0.250 e. The van der Waals surface area contributed by atoms with Gasteiger partial charge in [0.15, 0.2) is 0 Å². The summed E-state index contributed by atoms with van der Waals surface area (Å²) >= 11 is 3.31. The van der Waals surface area contributed by atoms with Gasteiger partial charge in [-0.25, -0.2) is 0 Å². The van der Waals surface area contributed by atoms with E-state index in [2.05, 4.69) is 33.5 Å². The van der Waals surface area contributed by atoms with E-state index in [0.717, 1.165) is 29.8 Å². The second-order valence-electron chi connectivity index (χ2n) is 3.33. The van der Waals surface area contributed by atoms with Gasteiger partial charge in [-0.3, -0.25) is 4.79 Å². The lowest BCUT2D eigenvalue weighted by atomic mass is 10.1. The van der Waals surface area contributed by atoms with Crippen molar-refractivity contribution in [3.63, 3.8) is 0 Å². The molecule has 4 nitrogen and oxygen atoms in total.